The molecular weight excluding hydrogens is 240 g/mol. The molecule has 0 aromatic heterocycles. The van der Waals surface area contributed by atoms with Crippen molar-refractivity contribution in [2.45, 2.75) is 26.4 Å². The Kier molecular flexibility index (Phi) is 4.39. The van der Waals surface area contributed by atoms with Crippen LogP contribution >= 0.6 is 11.8 Å². The van der Waals surface area contributed by atoms with Crippen molar-refractivity contribution in [3.8, 4) is 0 Å². The van der Waals surface area contributed by atoms with E-state index in [9.17, 15) is 0 Å². The fourth-order valence-corrected chi connectivity index (χ4v) is 4.00. The van der Waals surface area contributed by atoms with E-state index in [-0.39, 0.29) is 5.60 Å². The highest BCUT2D eigenvalue weighted by Gasteiger charge is 2.53. The summed E-state index contributed by atoms with van der Waals surface area (Å²) in [6, 6.07) is 10.7. The van der Waals surface area contributed by atoms with E-state index in [0.29, 0.717) is 17.8 Å². The molecule has 0 amide bonds. The van der Waals surface area contributed by atoms with Gasteiger partial charge in [-0.25, -0.2) is 0 Å². The third-order valence-corrected chi connectivity index (χ3v) is 5.03. The second kappa shape index (κ2) is 5.66. The first kappa shape index (κ1) is 14.0. The number of hydrogen-bond donors (Lipinski definition) is 0. The quantitative estimate of drug-likeness (QED) is 0.715. The summed E-state index contributed by atoms with van der Waals surface area (Å²) < 4.78 is 5.91. The first-order valence-corrected chi connectivity index (χ1v) is 8.19. The second-order valence-electron chi connectivity index (χ2n) is 5.70. The van der Waals surface area contributed by atoms with Crippen LogP contribution in [0.5, 0.6) is 0 Å². The summed E-state index contributed by atoms with van der Waals surface area (Å²) in [6.07, 6.45) is 2.20. The fourth-order valence-electron chi connectivity index (χ4n) is 2.94. The number of benzene rings is 1. The summed E-state index contributed by atoms with van der Waals surface area (Å²) >= 11 is 1.95. The van der Waals surface area contributed by atoms with E-state index in [1.54, 1.807) is 0 Å². The second-order valence-corrected chi connectivity index (χ2v) is 6.61. The Hall–Kier alpha value is -0.470. The van der Waals surface area contributed by atoms with Crippen LogP contribution in [0.3, 0.4) is 0 Å². The number of hydrogen-bond acceptors (Lipinski definition) is 2. The fraction of sp³-hybridized carbons (Fsp3) is 0.625. The van der Waals surface area contributed by atoms with Crippen molar-refractivity contribution < 1.29 is 4.74 Å². The predicted octanol–water partition coefficient (Wildman–Crippen LogP) is 4.18. The van der Waals surface area contributed by atoms with Crippen LogP contribution in [0.25, 0.3) is 0 Å². The van der Waals surface area contributed by atoms with E-state index >= 15 is 0 Å². The molecule has 0 spiro atoms. The molecule has 0 radical (unpaired) electrons. The number of epoxide rings is 1. The summed E-state index contributed by atoms with van der Waals surface area (Å²) in [4.78, 5) is 0. The molecule has 3 atom stereocenters. The summed E-state index contributed by atoms with van der Waals surface area (Å²) in [5.74, 6) is 3.21. The molecule has 1 fully saturated rings. The van der Waals surface area contributed by atoms with Gasteiger partial charge in [0.1, 0.15) is 5.60 Å². The van der Waals surface area contributed by atoms with Crippen LogP contribution in [-0.2, 0) is 10.3 Å². The van der Waals surface area contributed by atoms with Crippen molar-refractivity contribution in [3.05, 3.63) is 35.9 Å². The van der Waals surface area contributed by atoms with Crippen molar-refractivity contribution in [1.29, 1.82) is 0 Å². The average Bonchev–Trinajstić information content (AvgIpc) is 3.17. The van der Waals surface area contributed by atoms with Crippen LogP contribution in [0.1, 0.15) is 26.3 Å². The summed E-state index contributed by atoms with van der Waals surface area (Å²) in [5, 5.41) is 0. The first-order valence-electron chi connectivity index (χ1n) is 6.80. The molecule has 3 unspecified atom stereocenters. The molecule has 1 aliphatic heterocycles. The zero-order chi connectivity index (χ0) is 13.2. The van der Waals surface area contributed by atoms with Gasteiger partial charge in [0.15, 0.2) is 0 Å². The minimum Gasteiger partial charge on any atom is -0.364 e. The topological polar surface area (TPSA) is 12.5 Å². The Morgan fingerprint density at radius 2 is 1.83 bits per heavy atom. The van der Waals surface area contributed by atoms with Crippen LogP contribution in [0.2, 0.25) is 0 Å². The van der Waals surface area contributed by atoms with Gasteiger partial charge in [0.05, 0.1) is 6.61 Å². The van der Waals surface area contributed by atoms with Crippen molar-refractivity contribution in [3.63, 3.8) is 0 Å². The molecule has 0 bridgehead atoms. The van der Waals surface area contributed by atoms with Crippen LogP contribution in [0.4, 0.5) is 0 Å². The Morgan fingerprint density at radius 3 is 2.28 bits per heavy atom. The molecule has 1 saturated heterocycles. The lowest BCUT2D eigenvalue weighted by atomic mass is 9.75. The number of ether oxygens (including phenoxy) is 1. The molecule has 2 rings (SSSR count). The van der Waals surface area contributed by atoms with E-state index in [2.05, 4.69) is 57.4 Å². The Balaban J connectivity index is 2.19. The van der Waals surface area contributed by atoms with E-state index in [4.69, 9.17) is 4.74 Å². The van der Waals surface area contributed by atoms with Crippen molar-refractivity contribution in [1.82, 2.24) is 0 Å². The van der Waals surface area contributed by atoms with Gasteiger partial charge in [-0.3, -0.25) is 0 Å². The normalized spacial score (nSPS) is 26.1. The summed E-state index contributed by atoms with van der Waals surface area (Å²) in [6.45, 7) is 7.91. The van der Waals surface area contributed by atoms with Crippen LogP contribution < -0.4 is 0 Å². The summed E-state index contributed by atoms with van der Waals surface area (Å²) in [5.41, 5.74) is 1.34. The Bertz CT molecular complexity index is 370. The van der Waals surface area contributed by atoms with E-state index in [1.807, 2.05) is 11.8 Å². The maximum absolute atomic E-state index is 5.91. The Morgan fingerprint density at radius 1 is 1.22 bits per heavy atom. The molecule has 0 saturated carbocycles. The molecule has 0 N–H and O–H groups in total. The first-order chi connectivity index (χ1) is 8.62. The molecule has 1 aromatic rings. The minimum absolute atomic E-state index is 0.00801. The van der Waals surface area contributed by atoms with Crippen molar-refractivity contribution >= 4 is 11.8 Å². The SMILES string of the molecule is CSCC(C(C)C)C(C)C1(c2ccccc2)CO1. The van der Waals surface area contributed by atoms with Crippen molar-refractivity contribution in [2.24, 2.45) is 17.8 Å². The molecule has 1 aromatic carbocycles. The average molecular weight is 264 g/mol. The predicted molar refractivity (Wildman–Crippen MR) is 79.9 cm³/mol. The van der Waals surface area contributed by atoms with E-state index < -0.39 is 0 Å². The van der Waals surface area contributed by atoms with Crippen molar-refractivity contribution in [2.75, 3.05) is 18.6 Å². The van der Waals surface area contributed by atoms with Gasteiger partial charge in [-0.1, -0.05) is 51.1 Å². The maximum Gasteiger partial charge on any atom is 0.119 e. The van der Waals surface area contributed by atoms with Gasteiger partial charge in [0, 0.05) is 0 Å². The minimum atomic E-state index is -0.00801. The lowest BCUT2D eigenvalue weighted by Crippen LogP contribution is -2.31. The summed E-state index contributed by atoms with van der Waals surface area (Å²) in [7, 11) is 0. The Labute approximate surface area is 115 Å². The third kappa shape index (κ3) is 2.60. The zero-order valence-corrected chi connectivity index (χ0v) is 12.7. The van der Waals surface area contributed by atoms with Crippen LogP contribution in [-0.4, -0.2) is 18.6 Å². The largest absolute Gasteiger partial charge is 0.364 e. The molecule has 1 heterocycles. The highest BCUT2D eigenvalue weighted by Crippen LogP contribution is 2.49. The zero-order valence-electron chi connectivity index (χ0n) is 11.8. The molecule has 1 nitrogen and oxygen atoms in total. The van der Waals surface area contributed by atoms with E-state index in [1.165, 1.54) is 11.3 Å². The van der Waals surface area contributed by atoms with Gasteiger partial charge in [0.2, 0.25) is 0 Å². The van der Waals surface area contributed by atoms with Crippen LogP contribution in [0, 0.1) is 17.8 Å². The molecule has 18 heavy (non-hydrogen) atoms. The van der Waals surface area contributed by atoms with Gasteiger partial charge in [-0.05, 0) is 35.3 Å². The lowest BCUT2D eigenvalue weighted by Gasteiger charge is -2.31. The highest BCUT2D eigenvalue weighted by molar-refractivity contribution is 7.98. The monoisotopic (exact) mass is 264 g/mol. The molecule has 1 aliphatic rings. The van der Waals surface area contributed by atoms with Gasteiger partial charge in [-0.2, -0.15) is 11.8 Å². The molecular formula is C16H24OS. The standard InChI is InChI=1S/C16H24OS/c1-12(2)15(10-18-4)13(3)16(11-17-16)14-8-6-5-7-9-14/h5-9,12-13,15H,10-11H2,1-4H3. The molecule has 2 heteroatoms. The van der Waals surface area contributed by atoms with Gasteiger partial charge in [0.25, 0.3) is 0 Å². The highest BCUT2D eigenvalue weighted by atomic mass is 32.2. The number of thioether (sulfide) groups is 1. The maximum atomic E-state index is 5.91. The lowest BCUT2D eigenvalue weighted by molar-refractivity contribution is 0.155. The van der Waals surface area contributed by atoms with Gasteiger partial charge < -0.3 is 4.74 Å². The molecule has 0 aliphatic carbocycles. The molecule has 100 valence electrons. The third-order valence-electron chi connectivity index (χ3n) is 4.31. The van der Waals surface area contributed by atoms with Crippen LogP contribution in [0.15, 0.2) is 30.3 Å². The number of rotatable bonds is 6. The van der Waals surface area contributed by atoms with Gasteiger partial charge in [-0.15, -0.1) is 0 Å². The smallest absolute Gasteiger partial charge is 0.119 e. The van der Waals surface area contributed by atoms with E-state index in [0.717, 1.165) is 6.61 Å². The van der Waals surface area contributed by atoms with Gasteiger partial charge >= 0.3 is 0 Å².